The molecule has 0 bridgehead atoms. The fourth-order valence-electron chi connectivity index (χ4n) is 2.78. The van der Waals surface area contributed by atoms with Crippen molar-refractivity contribution in [2.45, 2.75) is 64.0 Å². The smallest absolute Gasteiger partial charge is 0.119 e. The zero-order chi connectivity index (χ0) is 13.9. The van der Waals surface area contributed by atoms with Gasteiger partial charge in [0.1, 0.15) is 11.9 Å². The maximum absolute atomic E-state index is 6.16. The first kappa shape index (κ1) is 14.4. The Labute approximate surface area is 117 Å². The minimum atomic E-state index is 0.205. The molecule has 2 heteroatoms. The van der Waals surface area contributed by atoms with Crippen LogP contribution in [0.4, 0.5) is 0 Å². The number of rotatable bonds is 3. The summed E-state index contributed by atoms with van der Waals surface area (Å²) < 4.78 is 6.16. The van der Waals surface area contributed by atoms with E-state index in [1.807, 2.05) is 7.05 Å². The Morgan fingerprint density at radius 2 is 1.68 bits per heavy atom. The zero-order valence-corrected chi connectivity index (χ0v) is 12.7. The van der Waals surface area contributed by atoms with Crippen LogP contribution < -0.4 is 10.1 Å². The summed E-state index contributed by atoms with van der Waals surface area (Å²) in [6.07, 6.45) is 5.30. The Hall–Kier alpha value is -1.02. The lowest BCUT2D eigenvalue weighted by Gasteiger charge is -2.31. The van der Waals surface area contributed by atoms with E-state index in [0.717, 1.165) is 12.2 Å². The van der Waals surface area contributed by atoms with Gasteiger partial charge in [0.05, 0.1) is 0 Å². The molecular weight excluding hydrogens is 234 g/mol. The summed E-state index contributed by atoms with van der Waals surface area (Å²) >= 11 is 0. The molecule has 0 saturated heterocycles. The van der Waals surface area contributed by atoms with E-state index in [2.05, 4.69) is 50.4 Å². The molecule has 2 unspecified atom stereocenters. The first-order chi connectivity index (χ1) is 9.00. The van der Waals surface area contributed by atoms with Gasteiger partial charge in [-0.25, -0.2) is 0 Å². The summed E-state index contributed by atoms with van der Waals surface area (Å²) in [5.74, 6) is 1.00. The third-order valence-corrected chi connectivity index (χ3v) is 4.08. The van der Waals surface area contributed by atoms with Gasteiger partial charge in [-0.1, -0.05) is 39.3 Å². The lowest BCUT2D eigenvalue weighted by molar-refractivity contribution is 0.118. The number of ether oxygens (including phenoxy) is 1. The molecule has 19 heavy (non-hydrogen) atoms. The van der Waals surface area contributed by atoms with Gasteiger partial charge in [0, 0.05) is 6.04 Å². The van der Waals surface area contributed by atoms with Crippen molar-refractivity contribution in [2.75, 3.05) is 7.05 Å². The third kappa shape index (κ3) is 3.73. The average molecular weight is 261 g/mol. The van der Waals surface area contributed by atoms with E-state index in [1.165, 1.54) is 24.8 Å². The van der Waals surface area contributed by atoms with Gasteiger partial charge in [0.25, 0.3) is 0 Å². The number of likely N-dealkylation sites (N-methyl/N-ethyl adjacent to an activating group) is 1. The maximum Gasteiger partial charge on any atom is 0.119 e. The van der Waals surface area contributed by atoms with Gasteiger partial charge in [-0.3, -0.25) is 0 Å². The Bertz CT molecular complexity index is 391. The lowest BCUT2D eigenvalue weighted by Crippen LogP contribution is -2.43. The molecule has 1 aliphatic rings. The minimum Gasteiger partial charge on any atom is -0.489 e. The Morgan fingerprint density at radius 1 is 1.05 bits per heavy atom. The summed E-state index contributed by atoms with van der Waals surface area (Å²) in [5.41, 5.74) is 1.56. The molecular formula is C17H27NO. The van der Waals surface area contributed by atoms with E-state index in [9.17, 15) is 0 Å². The SMILES string of the molecule is CNC1CCCCC1Oc1ccc(C(C)(C)C)cc1. The molecule has 0 heterocycles. The molecule has 0 amide bonds. The van der Waals surface area contributed by atoms with Crippen LogP contribution in [0.2, 0.25) is 0 Å². The van der Waals surface area contributed by atoms with Crippen molar-refractivity contribution in [3.63, 3.8) is 0 Å². The standard InChI is InChI=1S/C17H27NO/c1-17(2,3)13-9-11-14(12-10-13)19-16-8-6-5-7-15(16)18-4/h9-12,15-16,18H,5-8H2,1-4H3. The Morgan fingerprint density at radius 3 is 2.26 bits per heavy atom. The summed E-state index contributed by atoms with van der Waals surface area (Å²) in [4.78, 5) is 0. The Kier molecular flexibility index (Phi) is 4.51. The molecule has 1 N–H and O–H groups in total. The Balaban J connectivity index is 2.02. The van der Waals surface area contributed by atoms with E-state index >= 15 is 0 Å². The fraction of sp³-hybridized carbons (Fsp3) is 0.647. The van der Waals surface area contributed by atoms with E-state index in [-0.39, 0.29) is 5.41 Å². The van der Waals surface area contributed by atoms with Crippen molar-refractivity contribution in [2.24, 2.45) is 0 Å². The van der Waals surface area contributed by atoms with Gasteiger partial charge in [0.2, 0.25) is 0 Å². The molecule has 0 radical (unpaired) electrons. The van der Waals surface area contributed by atoms with E-state index in [4.69, 9.17) is 4.74 Å². The lowest BCUT2D eigenvalue weighted by atomic mass is 9.87. The van der Waals surface area contributed by atoms with Crippen LogP contribution in [0.3, 0.4) is 0 Å². The molecule has 2 rings (SSSR count). The van der Waals surface area contributed by atoms with Crippen molar-refractivity contribution in [1.82, 2.24) is 5.32 Å². The van der Waals surface area contributed by atoms with Crippen molar-refractivity contribution in [3.05, 3.63) is 29.8 Å². The van der Waals surface area contributed by atoms with E-state index < -0.39 is 0 Å². The molecule has 106 valence electrons. The van der Waals surface area contributed by atoms with Gasteiger partial charge >= 0.3 is 0 Å². The number of hydrogen-bond acceptors (Lipinski definition) is 2. The van der Waals surface area contributed by atoms with Crippen LogP contribution in [0.15, 0.2) is 24.3 Å². The predicted octanol–water partition coefficient (Wildman–Crippen LogP) is 3.89. The molecule has 1 aromatic carbocycles. The largest absolute Gasteiger partial charge is 0.489 e. The molecule has 2 nitrogen and oxygen atoms in total. The van der Waals surface area contributed by atoms with E-state index in [1.54, 1.807) is 0 Å². The van der Waals surface area contributed by atoms with Crippen LogP contribution in [-0.4, -0.2) is 19.2 Å². The van der Waals surface area contributed by atoms with Crippen LogP contribution in [0.25, 0.3) is 0 Å². The number of benzene rings is 1. The fourth-order valence-corrected chi connectivity index (χ4v) is 2.78. The highest BCUT2D eigenvalue weighted by atomic mass is 16.5. The molecule has 1 aromatic rings. The highest BCUT2D eigenvalue weighted by molar-refractivity contribution is 5.31. The first-order valence-electron chi connectivity index (χ1n) is 7.45. The summed E-state index contributed by atoms with van der Waals surface area (Å²) in [6.45, 7) is 6.71. The number of nitrogens with one attached hydrogen (secondary N) is 1. The highest BCUT2D eigenvalue weighted by Gasteiger charge is 2.25. The monoisotopic (exact) mass is 261 g/mol. The van der Waals surface area contributed by atoms with Crippen LogP contribution in [0.5, 0.6) is 5.75 Å². The number of hydrogen-bond donors (Lipinski definition) is 1. The molecule has 0 spiro atoms. The van der Waals surface area contributed by atoms with Gasteiger partial charge in [0.15, 0.2) is 0 Å². The second kappa shape index (κ2) is 5.96. The minimum absolute atomic E-state index is 0.205. The normalized spacial score (nSPS) is 24.2. The van der Waals surface area contributed by atoms with Crippen molar-refractivity contribution in [1.29, 1.82) is 0 Å². The van der Waals surface area contributed by atoms with Crippen LogP contribution >= 0.6 is 0 Å². The molecule has 1 fully saturated rings. The second-order valence-electron chi connectivity index (χ2n) is 6.61. The summed E-state index contributed by atoms with van der Waals surface area (Å²) in [5, 5.41) is 3.38. The van der Waals surface area contributed by atoms with Gasteiger partial charge < -0.3 is 10.1 Å². The quantitative estimate of drug-likeness (QED) is 0.891. The predicted molar refractivity (Wildman–Crippen MR) is 80.9 cm³/mol. The van der Waals surface area contributed by atoms with Crippen LogP contribution in [-0.2, 0) is 5.41 Å². The van der Waals surface area contributed by atoms with Crippen LogP contribution in [0.1, 0.15) is 52.0 Å². The van der Waals surface area contributed by atoms with Crippen molar-refractivity contribution < 1.29 is 4.74 Å². The summed E-state index contributed by atoms with van der Waals surface area (Å²) in [6, 6.07) is 9.10. The maximum atomic E-state index is 6.16. The third-order valence-electron chi connectivity index (χ3n) is 4.08. The van der Waals surface area contributed by atoms with Crippen LogP contribution in [0, 0.1) is 0 Å². The first-order valence-corrected chi connectivity index (χ1v) is 7.45. The van der Waals surface area contributed by atoms with Gasteiger partial charge in [-0.15, -0.1) is 0 Å². The average Bonchev–Trinajstić information content (AvgIpc) is 2.39. The molecule has 1 saturated carbocycles. The molecule has 2 atom stereocenters. The summed E-state index contributed by atoms with van der Waals surface area (Å²) in [7, 11) is 2.04. The van der Waals surface area contributed by atoms with Crippen molar-refractivity contribution >= 4 is 0 Å². The van der Waals surface area contributed by atoms with Crippen molar-refractivity contribution in [3.8, 4) is 5.75 Å². The topological polar surface area (TPSA) is 21.3 Å². The molecule has 1 aliphatic carbocycles. The van der Waals surface area contributed by atoms with Gasteiger partial charge in [-0.2, -0.15) is 0 Å². The molecule has 0 aliphatic heterocycles. The second-order valence-corrected chi connectivity index (χ2v) is 6.61. The molecule has 0 aromatic heterocycles. The highest BCUT2D eigenvalue weighted by Crippen LogP contribution is 2.27. The zero-order valence-electron chi connectivity index (χ0n) is 12.7. The van der Waals surface area contributed by atoms with Gasteiger partial charge in [-0.05, 0) is 49.4 Å². The van der Waals surface area contributed by atoms with E-state index in [0.29, 0.717) is 12.1 Å².